The Morgan fingerprint density at radius 3 is 2.68 bits per heavy atom. The third kappa shape index (κ3) is 2.51. The number of carbonyl (C=O) groups is 1. The number of fused-ring (bicyclic) bond motifs is 1. The van der Waals surface area contributed by atoms with Crippen LogP contribution in [0.25, 0.3) is 10.9 Å². The molecule has 0 aliphatic rings. The zero-order chi connectivity index (χ0) is 13.8. The minimum atomic E-state index is -0.483. The number of hydrogen-bond acceptors (Lipinski definition) is 4. The Kier molecular flexibility index (Phi) is 3.97. The van der Waals surface area contributed by atoms with E-state index in [-0.39, 0.29) is 0 Å². The van der Waals surface area contributed by atoms with Gasteiger partial charge in [-0.3, -0.25) is 4.79 Å². The van der Waals surface area contributed by atoms with Crippen molar-refractivity contribution < 1.29 is 14.3 Å². The van der Waals surface area contributed by atoms with E-state index in [1.807, 2.05) is 24.3 Å². The van der Waals surface area contributed by atoms with Crippen molar-refractivity contribution in [2.24, 2.45) is 5.73 Å². The standard InChI is InChI=1S/C14H16N2O3/c1-18-8-7-10-12(13(15)17)9-5-3-4-6-11(9)16-14(10)19-2/h3-6H,7-8H2,1-2H3,(H2,15,17). The SMILES string of the molecule is COCCc1c(OC)nc2ccccc2c1C(N)=O. The predicted molar refractivity (Wildman–Crippen MR) is 72.4 cm³/mol. The van der Waals surface area contributed by atoms with Crippen LogP contribution < -0.4 is 10.5 Å². The van der Waals surface area contributed by atoms with Gasteiger partial charge in [-0.25, -0.2) is 4.98 Å². The van der Waals surface area contributed by atoms with E-state index >= 15 is 0 Å². The summed E-state index contributed by atoms with van der Waals surface area (Å²) in [7, 11) is 3.13. The summed E-state index contributed by atoms with van der Waals surface area (Å²) in [5.41, 5.74) is 7.35. The molecule has 1 amide bonds. The number of nitrogens with two attached hydrogens (primary N) is 1. The van der Waals surface area contributed by atoms with Gasteiger partial charge in [-0.15, -0.1) is 0 Å². The van der Waals surface area contributed by atoms with Crippen LogP contribution in [0.5, 0.6) is 5.88 Å². The second kappa shape index (κ2) is 5.67. The Morgan fingerprint density at radius 2 is 2.05 bits per heavy atom. The van der Waals surface area contributed by atoms with Crippen molar-refractivity contribution in [3.05, 3.63) is 35.4 Å². The van der Waals surface area contributed by atoms with Crippen LogP contribution in [-0.4, -0.2) is 31.7 Å². The molecule has 0 radical (unpaired) electrons. The lowest BCUT2D eigenvalue weighted by Gasteiger charge is -2.13. The molecule has 0 bridgehead atoms. The van der Waals surface area contributed by atoms with Gasteiger partial charge in [0.15, 0.2) is 0 Å². The number of benzene rings is 1. The molecule has 1 heterocycles. The van der Waals surface area contributed by atoms with Gasteiger partial charge >= 0.3 is 0 Å². The molecule has 0 saturated carbocycles. The Hall–Kier alpha value is -2.14. The topological polar surface area (TPSA) is 74.4 Å². The summed E-state index contributed by atoms with van der Waals surface area (Å²) in [4.78, 5) is 16.2. The fourth-order valence-electron chi connectivity index (χ4n) is 2.12. The van der Waals surface area contributed by atoms with Gasteiger partial charge in [-0.05, 0) is 6.07 Å². The molecule has 0 unspecified atom stereocenters. The van der Waals surface area contributed by atoms with Gasteiger partial charge in [-0.1, -0.05) is 18.2 Å². The summed E-state index contributed by atoms with van der Waals surface area (Å²) in [6.45, 7) is 0.469. The van der Waals surface area contributed by atoms with Gasteiger partial charge in [0, 0.05) is 24.5 Å². The van der Waals surface area contributed by atoms with E-state index < -0.39 is 5.91 Å². The Balaban J connectivity index is 2.73. The van der Waals surface area contributed by atoms with Gasteiger partial charge in [0.05, 0.1) is 24.8 Å². The summed E-state index contributed by atoms with van der Waals surface area (Å²) >= 11 is 0. The number of para-hydroxylation sites is 1. The molecule has 1 aromatic heterocycles. The molecule has 2 rings (SSSR count). The van der Waals surface area contributed by atoms with E-state index in [0.29, 0.717) is 35.6 Å². The zero-order valence-corrected chi connectivity index (χ0v) is 11.0. The normalized spacial score (nSPS) is 10.6. The van der Waals surface area contributed by atoms with Crippen molar-refractivity contribution in [2.45, 2.75) is 6.42 Å². The van der Waals surface area contributed by atoms with E-state index in [2.05, 4.69) is 4.98 Å². The van der Waals surface area contributed by atoms with Gasteiger partial charge in [0.2, 0.25) is 11.8 Å². The number of hydrogen-bond donors (Lipinski definition) is 1. The van der Waals surface area contributed by atoms with Gasteiger partial charge < -0.3 is 15.2 Å². The lowest BCUT2D eigenvalue weighted by molar-refractivity contribution is 0.1000. The maximum absolute atomic E-state index is 11.8. The van der Waals surface area contributed by atoms with Crippen molar-refractivity contribution in [3.63, 3.8) is 0 Å². The molecule has 5 heteroatoms. The fraction of sp³-hybridized carbons (Fsp3) is 0.286. The third-order valence-corrected chi connectivity index (χ3v) is 2.95. The van der Waals surface area contributed by atoms with E-state index in [0.717, 1.165) is 5.39 Å². The lowest BCUT2D eigenvalue weighted by Crippen LogP contribution is -2.17. The number of aromatic nitrogens is 1. The van der Waals surface area contributed by atoms with Crippen molar-refractivity contribution in [1.29, 1.82) is 0 Å². The number of amides is 1. The Labute approximate surface area is 111 Å². The Morgan fingerprint density at radius 1 is 1.32 bits per heavy atom. The summed E-state index contributed by atoms with van der Waals surface area (Å²) in [5, 5.41) is 0.738. The summed E-state index contributed by atoms with van der Waals surface area (Å²) < 4.78 is 10.3. The molecule has 2 N–H and O–H groups in total. The minimum absolute atomic E-state index is 0.421. The number of methoxy groups -OCH3 is 2. The Bertz CT molecular complexity index is 611. The molecule has 0 fully saturated rings. The monoisotopic (exact) mass is 260 g/mol. The van der Waals surface area contributed by atoms with Crippen LogP contribution in [0.4, 0.5) is 0 Å². The molecule has 1 aromatic carbocycles. The molecule has 19 heavy (non-hydrogen) atoms. The first-order chi connectivity index (χ1) is 9.19. The molecule has 100 valence electrons. The van der Waals surface area contributed by atoms with Crippen LogP contribution in [0.1, 0.15) is 15.9 Å². The highest BCUT2D eigenvalue weighted by molar-refractivity contribution is 6.07. The molecule has 0 aliphatic carbocycles. The first kappa shape index (κ1) is 13.3. The first-order valence-corrected chi connectivity index (χ1v) is 5.93. The molecule has 0 atom stereocenters. The van der Waals surface area contributed by atoms with Crippen LogP contribution >= 0.6 is 0 Å². The summed E-state index contributed by atoms with van der Waals surface area (Å²) in [6, 6.07) is 7.36. The minimum Gasteiger partial charge on any atom is -0.481 e. The molecule has 0 spiro atoms. The number of pyridine rings is 1. The van der Waals surface area contributed by atoms with E-state index in [9.17, 15) is 4.79 Å². The molecule has 0 aliphatic heterocycles. The van der Waals surface area contributed by atoms with Crippen molar-refractivity contribution in [3.8, 4) is 5.88 Å². The molecular weight excluding hydrogens is 244 g/mol. The van der Waals surface area contributed by atoms with E-state index in [4.69, 9.17) is 15.2 Å². The van der Waals surface area contributed by atoms with Crippen LogP contribution in [0.2, 0.25) is 0 Å². The second-order valence-corrected chi connectivity index (χ2v) is 4.10. The van der Waals surface area contributed by atoms with Gasteiger partial charge in [0.25, 0.3) is 0 Å². The second-order valence-electron chi connectivity index (χ2n) is 4.10. The average Bonchev–Trinajstić information content (AvgIpc) is 2.43. The molecule has 0 saturated heterocycles. The number of ether oxygens (including phenoxy) is 2. The van der Waals surface area contributed by atoms with Crippen molar-refractivity contribution in [2.75, 3.05) is 20.8 Å². The first-order valence-electron chi connectivity index (χ1n) is 5.93. The van der Waals surface area contributed by atoms with E-state index in [1.165, 1.54) is 7.11 Å². The third-order valence-electron chi connectivity index (χ3n) is 2.95. The summed E-state index contributed by atoms with van der Waals surface area (Å²) in [5.74, 6) is -0.0625. The smallest absolute Gasteiger partial charge is 0.249 e. The maximum atomic E-state index is 11.8. The van der Waals surface area contributed by atoms with Crippen molar-refractivity contribution in [1.82, 2.24) is 4.98 Å². The van der Waals surface area contributed by atoms with Crippen LogP contribution in [-0.2, 0) is 11.2 Å². The average molecular weight is 260 g/mol. The molecule has 5 nitrogen and oxygen atoms in total. The number of nitrogens with zero attached hydrogens (tertiary/aromatic N) is 1. The highest BCUT2D eigenvalue weighted by atomic mass is 16.5. The van der Waals surface area contributed by atoms with Crippen LogP contribution in [0.15, 0.2) is 24.3 Å². The highest BCUT2D eigenvalue weighted by Gasteiger charge is 2.19. The fourth-order valence-corrected chi connectivity index (χ4v) is 2.12. The lowest BCUT2D eigenvalue weighted by atomic mass is 10.0. The van der Waals surface area contributed by atoms with Gasteiger partial charge in [0.1, 0.15) is 0 Å². The van der Waals surface area contributed by atoms with Crippen molar-refractivity contribution >= 4 is 16.8 Å². The van der Waals surface area contributed by atoms with Gasteiger partial charge in [-0.2, -0.15) is 0 Å². The highest BCUT2D eigenvalue weighted by Crippen LogP contribution is 2.28. The predicted octanol–water partition coefficient (Wildman–Crippen LogP) is 1.53. The number of carbonyl (C=O) groups excluding carboxylic acids is 1. The molecule has 2 aromatic rings. The largest absolute Gasteiger partial charge is 0.481 e. The molecular formula is C14H16N2O3. The van der Waals surface area contributed by atoms with E-state index in [1.54, 1.807) is 7.11 Å². The zero-order valence-electron chi connectivity index (χ0n) is 11.0. The quantitative estimate of drug-likeness (QED) is 0.884. The summed E-state index contributed by atoms with van der Waals surface area (Å²) in [6.07, 6.45) is 0.524. The maximum Gasteiger partial charge on any atom is 0.249 e. The number of rotatable bonds is 5. The van der Waals surface area contributed by atoms with Crippen LogP contribution in [0, 0.1) is 0 Å². The van der Waals surface area contributed by atoms with Crippen LogP contribution in [0.3, 0.4) is 0 Å². The number of primary amides is 1.